The van der Waals surface area contributed by atoms with Gasteiger partial charge in [-0.1, -0.05) is 24.3 Å². The zero-order chi connectivity index (χ0) is 34.6. The Morgan fingerprint density at radius 1 is 1.12 bits per heavy atom. The van der Waals surface area contributed by atoms with Gasteiger partial charge in [0, 0.05) is 31.4 Å². The van der Waals surface area contributed by atoms with Crippen LogP contribution in [0.25, 0.3) is 17.0 Å². The molecule has 4 N–H and O–H groups in total. The van der Waals surface area contributed by atoms with Crippen molar-refractivity contribution >= 4 is 44.7 Å². The van der Waals surface area contributed by atoms with Crippen molar-refractivity contribution in [1.82, 2.24) is 30.1 Å². The quantitative estimate of drug-likeness (QED) is 0.214. The van der Waals surface area contributed by atoms with Gasteiger partial charge in [-0.3, -0.25) is 14.4 Å². The highest BCUT2D eigenvalue weighted by molar-refractivity contribution is 7.89. The fraction of sp³-hybridized carbons (Fsp3) is 0.412. The van der Waals surface area contributed by atoms with Crippen molar-refractivity contribution in [1.29, 1.82) is 0 Å². The average Bonchev–Trinajstić information content (AvgIpc) is 3.79. The monoisotopic (exact) mass is 680 g/mol. The number of carbonyl (C=O) groups is 3. The number of fused-ring (bicyclic) bond motifs is 1. The van der Waals surface area contributed by atoms with Crippen LogP contribution in [0.3, 0.4) is 0 Å². The van der Waals surface area contributed by atoms with E-state index in [1.54, 1.807) is 25.1 Å². The highest BCUT2D eigenvalue weighted by Gasteiger charge is 2.39. The van der Waals surface area contributed by atoms with Crippen molar-refractivity contribution in [2.75, 3.05) is 40.3 Å². The third kappa shape index (κ3) is 8.81. The molecule has 5 rings (SSSR count). The summed E-state index contributed by atoms with van der Waals surface area (Å²) >= 11 is 0. The van der Waals surface area contributed by atoms with Gasteiger partial charge >= 0.3 is 0 Å². The van der Waals surface area contributed by atoms with E-state index in [9.17, 15) is 32.3 Å². The first-order chi connectivity index (χ1) is 22.8. The number of allylic oxidation sites excluding steroid dienone is 1. The van der Waals surface area contributed by atoms with E-state index < -0.39 is 58.3 Å². The van der Waals surface area contributed by atoms with Gasteiger partial charge in [-0.2, -0.15) is 0 Å². The molecule has 12 nitrogen and oxygen atoms in total. The lowest BCUT2D eigenvalue weighted by Crippen LogP contribution is -2.49. The first kappa shape index (κ1) is 35.1. The molecule has 3 aromatic rings. The van der Waals surface area contributed by atoms with Crippen molar-refractivity contribution in [3.05, 3.63) is 77.2 Å². The van der Waals surface area contributed by atoms with Crippen LogP contribution < -0.4 is 15.4 Å². The second kappa shape index (κ2) is 14.9. The minimum Gasteiger partial charge on any atom is -0.391 e. The van der Waals surface area contributed by atoms with Gasteiger partial charge in [0.05, 0.1) is 29.1 Å². The number of likely N-dealkylation sites (N-methyl/N-ethyl adjacent to an activating group) is 1. The predicted molar refractivity (Wildman–Crippen MR) is 179 cm³/mol. The van der Waals surface area contributed by atoms with Gasteiger partial charge in [0.2, 0.25) is 21.8 Å². The number of carbonyl (C=O) groups excluding carboxylic acids is 3. The molecule has 1 saturated carbocycles. The largest absolute Gasteiger partial charge is 0.391 e. The number of hydrogen-bond donors (Lipinski definition) is 4. The van der Waals surface area contributed by atoms with Crippen molar-refractivity contribution < 1.29 is 32.3 Å². The maximum atomic E-state index is 13.6. The second-order valence-corrected chi connectivity index (χ2v) is 14.4. The molecular formula is C34H41FN6O6S. The van der Waals surface area contributed by atoms with Crippen LogP contribution in [0.4, 0.5) is 4.39 Å². The van der Waals surface area contributed by atoms with Gasteiger partial charge < -0.3 is 25.5 Å². The molecule has 1 aromatic heterocycles. The lowest BCUT2D eigenvalue weighted by molar-refractivity contribution is -0.138. The molecule has 3 atom stereocenters. The van der Waals surface area contributed by atoms with E-state index in [2.05, 4.69) is 26.4 Å². The number of hydrogen-bond acceptors (Lipinski definition) is 8. The van der Waals surface area contributed by atoms with Gasteiger partial charge in [-0.05, 0) is 87.3 Å². The van der Waals surface area contributed by atoms with Crippen LogP contribution in [-0.2, 0) is 19.6 Å². The summed E-state index contributed by atoms with van der Waals surface area (Å²) in [6.45, 7) is 1.96. The maximum absolute atomic E-state index is 13.6. The number of likely N-dealkylation sites (tertiary alicyclic amines) is 1. The number of halogens is 1. The summed E-state index contributed by atoms with van der Waals surface area (Å²) in [7, 11) is -0.123. The highest BCUT2D eigenvalue weighted by Crippen LogP contribution is 2.32. The number of aliphatic hydroxyl groups is 1. The zero-order valence-corrected chi connectivity index (χ0v) is 28.0. The summed E-state index contributed by atoms with van der Waals surface area (Å²) in [6, 6.07) is 10.1. The number of nitrogens with zero attached hydrogens (tertiary/aromatic N) is 3. The molecule has 14 heteroatoms. The first-order valence-corrected chi connectivity index (χ1v) is 17.4. The summed E-state index contributed by atoms with van der Waals surface area (Å²) in [5, 5.41) is 16.4. The molecule has 2 fully saturated rings. The standard InChI is InChI=1S/C34H41FN6O6S/c1-21(28-18-27(48(46,47)37-14-15-40(2)3)11-8-23(28)7-6-22-4-5-22)38-34(45)31-17-26(42)20-41(31)32(43)19-36-33(44)30-12-9-24-16-25(35)10-13-29(24)39-30/h6-13,16,18,21-22,26,31,37,42H,4-5,14-15,17,19-20H2,1-3H3,(H,36,44)(H,38,45)/b7-6+/t21-,26+,31-/m0/s1. The Balaban J connectivity index is 1.27. The summed E-state index contributed by atoms with van der Waals surface area (Å²) in [5.41, 5.74) is 1.80. The molecule has 1 saturated heterocycles. The molecular weight excluding hydrogens is 639 g/mol. The van der Waals surface area contributed by atoms with E-state index >= 15 is 0 Å². The van der Waals surface area contributed by atoms with Crippen LogP contribution in [0.1, 0.15) is 53.8 Å². The predicted octanol–water partition coefficient (Wildman–Crippen LogP) is 2.21. The number of β-amino-alcohol motifs (C(OH)–C–C–N with tert-alkyl or cyclic N) is 1. The SMILES string of the molecule is C[C@H](NC(=O)[C@@H]1C[C@@H](O)CN1C(=O)CNC(=O)c1ccc2cc(F)ccc2n1)c1cc(S(=O)(=O)NCCN(C)C)ccc1/C=C/C1CC1. The van der Waals surface area contributed by atoms with E-state index in [1.807, 2.05) is 25.1 Å². The van der Waals surface area contributed by atoms with Crippen LogP contribution in [0, 0.1) is 11.7 Å². The molecule has 1 aliphatic heterocycles. The van der Waals surface area contributed by atoms with E-state index in [-0.39, 0.29) is 30.1 Å². The fourth-order valence-electron chi connectivity index (χ4n) is 5.56. The summed E-state index contributed by atoms with van der Waals surface area (Å²) in [6.07, 6.45) is 5.25. The van der Waals surface area contributed by atoms with E-state index in [4.69, 9.17) is 0 Å². The zero-order valence-electron chi connectivity index (χ0n) is 27.1. The smallest absolute Gasteiger partial charge is 0.270 e. The van der Waals surface area contributed by atoms with E-state index in [0.29, 0.717) is 28.9 Å². The van der Waals surface area contributed by atoms with Crippen molar-refractivity contribution in [3.8, 4) is 0 Å². The Kier molecular flexibility index (Phi) is 10.9. The third-order valence-electron chi connectivity index (χ3n) is 8.40. The van der Waals surface area contributed by atoms with E-state index in [0.717, 1.165) is 18.4 Å². The minimum atomic E-state index is -3.82. The number of sulfonamides is 1. The molecule has 2 aliphatic rings. The molecule has 1 aliphatic carbocycles. The topological polar surface area (TPSA) is 161 Å². The Labute approximate surface area is 279 Å². The van der Waals surface area contributed by atoms with Gasteiger partial charge in [0.25, 0.3) is 5.91 Å². The number of aliphatic hydroxyl groups excluding tert-OH is 1. The van der Waals surface area contributed by atoms with Gasteiger partial charge in [-0.15, -0.1) is 0 Å². The molecule has 48 heavy (non-hydrogen) atoms. The summed E-state index contributed by atoms with van der Waals surface area (Å²) in [4.78, 5) is 47.0. The number of pyridine rings is 1. The number of benzene rings is 2. The molecule has 0 radical (unpaired) electrons. The lowest BCUT2D eigenvalue weighted by Gasteiger charge is -2.26. The molecule has 256 valence electrons. The van der Waals surface area contributed by atoms with Crippen molar-refractivity contribution in [2.45, 2.75) is 49.3 Å². The van der Waals surface area contributed by atoms with Crippen LogP contribution >= 0.6 is 0 Å². The number of nitrogens with one attached hydrogen (secondary N) is 3. The maximum Gasteiger partial charge on any atom is 0.270 e. The molecule has 2 heterocycles. The van der Waals surface area contributed by atoms with Crippen LogP contribution in [-0.4, -0.2) is 98.4 Å². The first-order valence-electron chi connectivity index (χ1n) is 15.9. The van der Waals surface area contributed by atoms with Crippen molar-refractivity contribution in [3.63, 3.8) is 0 Å². The Hall–Kier alpha value is -4.24. The number of amides is 3. The molecule has 2 aromatic carbocycles. The Bertz CT molecular complexity index is 1830. The Morgan fingerprint density at radius 3 is 2.62 bits per heavy atom. The third-order valence-corrected chi connectivity index (χ3v) is 9.86. The number of aromatic nitrogens is 1. The number of rotatable bonds is 13. The van der Waals surface area contributed by atoms with Crippen LogP contribution in [0.15, 0.2) is 59.5 Å². The lowest BCUT2D eigenvalue weighted by atomic mass is 10.00. The minimum absolute atomic E-state index is 0.000314. The Morgan fingerprint density at radius 2 is 1.90 bits per heavy atom. The van der Waals surface area contributed by atoms with Crippen molar-refractivity contribution in [2.24, 2.45) is 5.92 Å². The van der Waals surface area contributed by atoms with Gasteiger partial charge in [-0.25, -0.2) is 22.5 Å². The average molecular weight is 681 g/mol. The fourth-order valence-corrected chi connectivity index (χ4v) is 6.61. The van der Waals surface area contributed by atoms with E-state index in [1.165, 1.54) is 35.2 Å². The molecule has 0 unspecified atom stereocenters. The second-order valence-electron chi connectivity index (χ2n) is 12.6. The molecule has 0 spiro atoms. The normalized spacial score (nSPS) is 18.8. The van der Waals surface area contributed by atoms with Gasteiger partial charge in [0.1, 0.15) is 17.6 Å². The summed E-state index contributed by atoms with van der Waals surface area (Å²) in [5.74, 6) is -1.66. The van der Waals surface area contributed by atoms with Crippen LogP contribution in [0.5, 0.6) is 0 Å². The molecule has 3 amide bonds. The van der Waals surface area contributed by atoms with Crippen LogP contribution in [0.2, 0.25) is 0 Å². The van der Waals surface area contributed by atoms with Gasteiger partial charge in [0.15, 0.2) is 0 Å². The highest BCUT2D eigenvalue weighted by atomic mass is 32.2. The summed E-state index contributed by atoms with van der Waals surface area (Å²) < 4.78 is 42.3. The molecule has 0 bridgehead atoms.